The summed E-state index contributed by atoms with van der Waals surface area (Å²) in [6, 6.07) is 5.18. The normalized spacial score (nSPS) is 13.7. The highest BCUT2D eigenvalue weighted by Gasteiger charge is 2.34. The third kappa shape index (κ3) is 2.50. The lowest BCUT2D eigenvalue weighted by atomic mass is 9.75. The van der Waals surface area contributed by atoms with Gasteiger partial charge in [-0.1, -0.05) is 42.8 Å². The minimum absolute atomic E-state index is 0.0425. The van der Waals surface area contributed by atoms with Crippen LogP contribution in [0.5, 0.6) is 11.5 Å². The van der Waals surface area contributed by atoms with Gasteiger partial charge in [-0.15, -0.1) is 0 Å². The lowest BCUT2D eigenvalue weighted by molar-refractivity contribution is 0.102. The van der Waals surface area contributed by atoms with Crippen molar-refractivity contribution in [3.8, 4) is 11.5 Å². The van der Waals surface area contributed by atoms with Crippen LogP contribution in [0.1, 0.15) is 53.4 Å². The van der Waals surface area contributed by atoms with Crippen molar-refractivity contribution in [2.45, 2.75) is 32.6 Å². The van der Waals surface area contributed by atoms with E-state index in [4.69, 9.17) is 0 Å². The van der Waals surface area contributed by atoms with E-state index in [1.807, 2.05) is 6.07 Å². The molecular formula is C18H16Br2O3. The Balaban J connectivity index is 2.36. The zero-order valence-electron chi connectivity index (χ0n) is 13.0. The molecule has 0 spiro atoms. The minimum atomic E-state index is -0.343. The molecule has 0 radical (unpaired) electrons. The molecule has 3 rings (SSSR count). The Bertz CT molecular complexity index is 849. The van der Waals surface area contributed by atoms with E-state index >= 15 is 0 Å². The van der Waals surface area contributed by atoms with Gasteiger partial charge >= 0.3 is 0 Å². The molecule has 0 heterocycles. The number of ketones is 1. The van der Waals surface area contributed by atoms with Crippen molar-refractivity contribution >= 4 is 37.6 Å². The SMILES string of the molecule is CC(C)(C)c1ccc(O)c2c1Cc1c(Br)cc(Br)c(O)c1C2=O. The van der Waals surface area contributed by atoms with E-state index in [0.717, 1.165) is 21.2 Å². The molecule has 23 heavy (non-hydrogen) atoms. The molecule has 2 aromatic carbocycles. The van der Waals surface area contributed by atoms with E-state index in [1.54, 1.807) is 12.1 Å². The molecule has 0 saturated heterocycles. The molecule has 1 aliphatic carbocycles. The average molecular weight is 440 g/mol. The topological polar surface area (TPSA) is 57.5 Å². The molecule has 1 aliphatic rings. The fourth-order valence-electron chi connectivity index (χ4n) is 3.14. The third-order valence-corrected chi connectivity index (χ3v) is 5.53. The van der Waals surface area contributed by atoms with E-state index in [-0.39, 0.29) is 28.3 Å². The first kappa shape index (κ1) is 16.5. The van der Waals surface area contributed by atoms with Gasteiger partial charge in [0.05, 0.1) is 15.6 Å². The predicted octanol–water partition coefficient (Wildman–Crippen LogP) is 5.06. The molecule has 2 aromatic rings. The molecule has 5 heteroatoms. The fourth-order valence-corrected chi connectivity index (χ4v) is 4.44. The van der Waals surface area contributed by atoms with Crippen LogP contribution in [0.4, 0.5) is 0 Å². The Morgan fingerprint density at radius 3 is 2.26 bits per heavy atom. The van der Waals surface area contributed by atoms with Gasteiger partial charge in [0.2, 0.25) is 5.78 Å². The second kappa shape index (κ2) is 5.35. The second-order valence-corrected chi connectivity index (χ2v) is 8.49. The van der Waals surface area contributed by atoms with Crippen LogP contribution in [0.15, 0.2) is 27.1 Å². The number of carbonyl (C=O) groups excluding carboxylic acids is 1. The Morgan fingerprint density at radius 1 is 1.00 bits per heavy atom. The Morgan fingerprint density at radius 2 is 1.65 bits per heavy atom. The van der Waals surface area contributed by atoms with Crippen molar-refractivity contribution in [1.82, 2.24) is 0 Å². The van der Waals surface area contributed by atoms with Crippen LogP contribution in [-0.4, -0.2) is 16.0 Å². The Hall–Kier alpha value is -1.33. The number of phenolic OH excluding ortho intramolecular Hbond substituents is 2. The van der Waals surface area contributed by atoms with Crippen molar-refractivity contribution in [3.05, 3.63) is 55.0 Å². The number of carbonyl (C=O) groups is 1. The van der Waals surface area contributed by atoms with E-state index < -0.39 is 0 Å². The summed E-state index contributed by atoms with van der Waals surface area (Å²) in [7, 11) is 0. The average Bonchev–Trinajstić information content (AvgIpc) is 2.43. The van der Waals surface area contributed by atoms with Crippen LogP contribution in [0.2, 0.25) is 0 Å². The van der Waals surface area contributed by atoms with Crippen LogP contribution >= 0.6 is 31.9 Å². The Kier molecular flexibility index (Phi) is 3.84. The highest BCUT2D eigenvalue weighted by Crippen LogP contribution is 2.45. The van der Waals surface area contributed by atoms with Crippen molar-refractivity contribution in [1.29, 1.82) is 0 Å². The van der Waals surface area contributed by atoms with Gasteiger partial charge in [0.1, 0.15) is 11.5 Å². The number of hydrogen-bond donors (Lipinski definition) is 2. The predicted molar refractivity (Wildman–Crippen MR) is 96.6 cm³/mol. The quantitative estimate of drug-likeness (QED) is 0.514. The second-order valence-electron chi connectivity index (χ2n) is 6.78. The maximum absolute atomic E-state index is 13.0. The molecule has 0 unspecified atom stereocenters. The first-order chi connectivity index (χ1) is 10.6. The summed E-state index contributed by atoms with van der Waals surface area (Å²) >= 11 is 6.75. The summed E-state index contributed by atoms with van der Waals surface area (Å²) in [6.07, 6.45) is 0.485. The van der Waals surface area contributed by atoms with Gasteiger partial charge in [-0.05, 0) is 50.2 Å². The molecule has 0 bridgehead atoms. The first-order valence-electron chi connectivity index (χ1n) is 7.22. The van der Waals surface area contributed by atoms with E-state index in [2.05, 4.69) is 52.6 Å². The minimum Gasteiger partial charge on any atom is -0.507 e. The van der Waals surface area contributed by atoms with Gasteiger partial charge in [-0.2, -0.15) is 0 Å². The van der Waals surface area contributed by atoms with Crippen molar-refractivity contribution in [3.63, 3.8) is 0 Å². The summed E-state index contributed by atoms with van der Waals surface area (Å²) in [5, 5.41) is 20.6. The lowest BCUT2D eigenvalue weighted by Crippen LogP contribution is -2.22. The molecule has 120 valence electrons. The summed E-state index contributed by atoms with van der Waals surface area (Å²) < 4.78 is 1.21. The van der Waals surface area contributed by atoms with Gasteiger partial charge in [-0.25, -0.2) is 0 Å². The van der Waals surface area contributed by atoms with Crippen molar-refractivity contribution in [2.75, 3.05) is 0 Å². The van der Waals surface area contributed by atoms with Gasteiger partial charge in [0, 0.05) is 10.9 Å². The number of hydrogen-bond acceptors (Lipinski definition) is 3. The van der Waals surface area contributed by atoms with Crippen LogP contribution in [0, 0.1) is 0 Å². The Labute approximate surface area is 151 Å². The number of aromatic hydroxyl groups is 2. The summed E-state index contributed by atoms with van der Waals surface area (Å²) in [6.45, 7) is 6.23. The first-order valence-corrected chi connectivity index (χ1v) is 8.81. The molecule has 0 saturated carbocycles. The van der Waals surface area contributed by atoms with Gasteiger partial charge in [0.25, 0.3) is 0 Å². The van der Waals surface area contributed by atoms with Crippen LogP contribution in [0.3, 0.4) is 0 Å². The molecule has 0 amide bonds. The highest BCUT2D eigenvalue weighted by molar-refractivity contribution is 9.11. The van der Waals surface area contributed by atoms with Gasteiger partial charge < -0.3 is 10.2 Å². The monoisotopic (exact) mass is 438 g/mol. The van der Waals surface area contributed by atoms with Crippen molar-refractivity contribution in [2.24, 2.45) is 0 Å². The smallest absolute Gasteiger partial charge is 0.201 e. The molecule has 0 aromatic heterocycles. The number of phenols is 2. The van der Waals surface area contributed by atoms with E-state index in [0.29, 0.717) is 16.5 Å². The van der Waals surface area contributed by atoms with Gasteiger partial charge in [0.15, 0.2) is 0 Å². The number of halogens is 2. The largest absolute Gasteiger partial charge is 0.507 e. The number of fused-ring (bicyclic) bond motifs is 2. The summed E-state index contributed by atoms with van der Waals surface area (Å²) in [5.74, 6) is -0.470. The maximum Gasteiger partial charge on any atom is 0.201 e. The lowest BCUT2D eigenvalue weighted by Gasteiger charge is -2.29. The number of rotatable bonds is 0. The van der Waals surface area contributed by atoms with E-state index in [9.17, 15) is 15.0 Å². The van der Waals surface area contributed by atoms with Crippen LogP contribution < -0.4 is 0 Å². The molecule has 0 atom stereocenters. The molecular weight excluding hydrogens is 424 g/mol. The van der Waals surface area contributed by atoms with Crippen LogP contribution in [0.25, 0.3) is 0 Å². The molecule has 0 fully saturated rings. The zero-order valence-corrected chi connectivity index (χ0v) is 16.2. The molecule has 3 nitrogen and oxygen atoms in total. The standard InChI is InChI=1S/C18H16Br2O3/c1-18(2,3)10-4-5-13(21)14-8(10)6-9-11(19)7-12(20)16(22)15(9)17(14)23/h4-5,7,21-22H,6H2,1-3H3. The van der Waals surface area contributed by atoms with Crippen molar-refractivity contribution < 1.29 is 15.0 Å². The fraction of sp³-hybridized carbons (Fsp3) is 0.278. The zero-order chi connectivity index (χ0) is 17.1. The molecule has 0 aliphatic heterocycles. The number of benzene rings is 2. The highest BCUT2D eigenvalue weighted by atomic mass is 79.9. The van der Waals surface area contributed by atoms with Crippen LogP contribution in [-0.2, 0) is 11.8 Å². The van der Waals surface area contributed by atoms with Gasteiger partial charge in [-0.3, -0.25) is 4.79 Å². The summed E-state index contributed by atoms with van der Waals surface area (Å²) in [4.78, 5) is 13.0. The summed E-state index contributed by atoms with van der Waals surface area (Å²) in [5.41, 5.74) is 3.00. The maximum atomic E-state index is 13.0. The third-order valence-electron chi connectivity index (χ3n) is 4.21. The van der Waals surface area contributed by atoms with E-state index in [1.165, 1.54) is 0 Å². The molecule has 2 N–H and O–H groups in total.